The van der Waals surface area contributed by atoms with E-state index < -0.39 is 0 Å². The third-order valence-electron chi connectivity index (χ3n) is 7.06. The minimum absolute atomic E-state index is 0.0751. The van der Waals surface area contributed by atoms with Crippen LogP contribution in [0.1, 0.15) is 10.4 Å². The van der Waals surface area contributed by atoms with Crippen molar-refractivity contribution in [2.75, 3.05) is 46.5 Å². The number of piperazine rings is 1. The molecule has 2 fully saturated rings. The van der Waals surface area contributed by atoms with Gasteiger partial charge in [-0.25, -0.2) is 4.98 Å². The van der Waals surface area contributed by atoms with E-state index in [1.807, 2.05) is 35.2 Å². The Hall–Kier alpha value is -3.48. The van der Waals surface area contributed by atoms with E-state index in [4.69, 9.17) is 9.47 Å². The molecule has 1 amide bonds. The fourth-order valence-corrected chi connectivity index (χ4v) is 5.03. The molecule has 172 valence electrons. The van der Waals surface area contributed by atoms with Gasteiger partial charge in [-0.2, -0.15) is 0 Å². The molecule has 0 spiro atoms. The van der Waals surface area contributed by atoms with Crippen LogP contribution in [0.2, 0.25) is 0 Å². The molecular formula is C28H27N3O3. The maximum absolute atomic E-state index is 13.4. The van der Waals surface area contributed by atoms with E-state index in [2.05, 4.69) is 46.3 Å². The number of hydrogen-bond acceptors (Lipinski definition) is 5. The number of fused-ring (bicyclic) bond motifs is 2. The number of benzene rings is 3. The van der Waals surface area contributed by atoms with Gasteiger partial charge in [0, 0.05) is 43.2 Å². The predicted molar refractivity (Wildman–Crippen MR) is 133 cm³/mol. The highest BCUT2D eigenvalue weighted by atomic mass is 16.5. The summed E-state index contributed by atoms with van der Waals surface area (Å²) in [6.07, 6.45) is 0. The molecule has 0 bridgehead atoms. The average molecular weight is 454 g/mol. The van der Waals surface area contributed by atoms with Crippen molar-refractivity contribution in [2.24, 2.45) is 0 Å². The predicted octanol–water partition coefficient (Wildman–Crippen LogP) is 4.22. The van der Waals surface area contributed by atoms with Crippen molar-refractivity contribution in [1.82, 2.24) is 14.8 Å². The van der Waals surface area contributed by atoms with Gasteiger partial charge in [0.2, 0.25) is 5.88 Å². The summed E-state index contributed by atoms with van der Waals surface area (Å²) in [7, 11) is 1.63. The zero-order valence-corrected chi connectivity index (χ0v) is 19.2. The smallest absolute Gasteiger partial charge is 0.253 e. The monoisotopic (exact) mass is 453 g/mol. The summed E-state index contributed by atoms with van der Waals surface area (Å²) in [6.45, 7) is 4.90. The molecular weight excluding hydrogens is 426 g/mol. The van der Waals surface area contributed by atoms with Gasteiger partial charge in [-0.3, -0.25) is 9.69 Å². The van der Waals surface area contributed by atoms with E-state index in [-0.39, 0.29) is 5.91 Å². The summed E-state index contributed by atoms with van der Waals surface area (Å²) in [6, 6.07) is 22.9. The molecule has 6 nitrogen and oxygen atoms in total. The van der Waals surface area contributed by atoms with Crippen LogP contribution in [0.15, 0.2) is 66.7 Å². The van der Waals surface area contributed by atoms with Gasteiger partial charge < -0.3 is 14.4 Å². The topological polar surface area (TPSA) is 54.9 Å². The van der Waals surface area contributed by atoms with Gasteiger partial charge in [-0.05, 0) is 40.1 Å². The van der Waals surface area contributed by atoms with Crippen LogP contribution in [-0.4, -0.2) is 73.2 Å². The van der Waals surface area contributed by atoms with Crippen LogP contribution < -0.4 is 4.74 Å². The molecule has 6 rings (SSSR count). The number of methoxy groups -OCH3 is 1. The Morgan fingerprint density at radius 2 is 1.71 bits per heavy atom. The van der Waals surface area contributed by atoms with Crippen molar-refractivity contribution in [3.05, 3.63) is 72.3 Å². The molecule has 34 heavy (non-hydrogen) atoms. The number of ether oxygens (including phenoxy) is 2. The van der Waals surface area contributed by atoms with Crippen LogP contribution in [0.5, 0.6) is 5.88 Å². The van der Waals surface area contributed by atoms with Crippen LogP contribution >= 0.6 is 0 Å². The lowest BCUT2D eigenvalue weighted by atomic mass is 9.95. The summed E-state index contributed by atoms with van der Waals surface area (Å²) in [5.41, 5.74) is 3.63. The second-order valence-electron chi connectivity index (χ2n) is 8.99. The first-order chi connectivity index (χ1) is 16.7. The zero-order valence-electron chi connectivity index (χ0n) is 19.2. The first-order valence-corrected chi connectivity index (χ1v) is 11.8. The number of amides is 1. The third-order valence-corrected chi connectivity index (χ3v) is 7.06. The average Bonchev–Trinajstić information content (AvgIpc) is 2.86. The quantitative estimate of drug-likeness (QED) is 0.463. The molecule has 6 heteroatoms. The normalized spacial score (nSPS) is 17.1. The first kappa shape index (κ1) is 21.1. The number of nitrogens with zero attached hydrogens (tertiary/aromatic N) is 3. The van der Waals surface area contributed by atoms with Crippen molar-refractivity contribution < 1.29 is 14.3 Å². The lowest BCUT2D eigenvalue weighted by molar-refractivity contribution is -0.0746. The Morgan fingerprint density at radius 3 is 2.47 bits per heavy atom. The highest BCUT2D eigenvalue weighted by molar-refractivity contribution is 6.07. The molecule has 0 aliphatic carbocycles. The Bertz CT molecular complexity index is 1370. The van der Waals surface area contributed by atoms with Crippen molar-refractivity contribution >= 4 is 27.6 Å². The van der Waals surface area contributed by atoms with E-state index >= 15 is 0 Å². The Morgan fingerprint density at radius 1 is 0.912 bits per heavy atom. The lowest BCUT2D eigenvalue weighted by Crippen LogP contribution is -2.57. The first-order valence-electron chi connectivity index (χ1n) is 11.8. The third kappa shape index (κ3) is 3.69. The molecule has 2 aliphatic heterocycles. The molecule has 3 aromatic carbocycles. The fraction of sp³-hybridized carbons (Fsp3) is 0.286. The van der Waals surface area contributed by atoms with Gasteiger partial charge in [0.15, 0.2) is 0 Å². The maximum Gasteiger partial charge on any atom is 0.253 e. The highest BCUT2D eigenvalue weighted by Crippen LogP contribution is 2.36. The van der Waals surface area contributed by atoms with Crippen LogP contribution in [0, 0.1) is 0 Å². The minimum atomic E-state index is 0.0751. The van der Waals surface area contributed by atoms with Crippen molar-refractivity contribution in [3.63, 3.8) is 0 Å². The van der Waals surface area contributed by atoms with E-state index in [1.165, 1.54) is 5.39 Å². The second kappa shape index (κ2) is 8.70. The molecule has 0 radical (unpaired) electrons. The summed E-state index contributed by atoms with van der Waals surface area (Å²) >= 11 is 0. The molecule has 0 saturated carbocycles. The number of carbonyl (C=O) groups excluding carboxylic acids is 1. The summed E-state index contributed by atoms with van der Waals surface area (Å²) in [4.78, 5) is 22.5. The Kier molecular flexibility index (Phi) is 5.40. The van der Waals surface area contributed by atoms with Gasteiger partial charge in [0.05, 0.1) is 31.9 Å². The van der Waals surface area contributed by atoms with Crippen LogP contribution in [-0.2, 0) is 4.74 Å². The van der Waals surface area contributed by atoms with Gasteiger partial charge in [-0.15, -0.1) is 0 Å². The van der Waals surface area contributed by atoms with Gasteiger partial charge in [-0.1, -0.05) is 42.5 Å². The van der Waals surface area contributed by atoms with Crippen LogP contribution in [0.4, 0.5) is 0 Å². The summed E-state index contributed by atoms with van der Waals surface area (Å²) in [5.74, 6) is 0.636. The Labute approximate surface area is 198 Å². The van der Waals surface area contributed by atoms with Gasteiger partial charge >= 0.3 is 0 Å². The SMILES string of the molecule is COc1cc(-c2cccc3ccccc23)c2cc(C(=O)N3CCN(C4COC4)CC3)ccc2n1. The number of carbonyl (C=O) groups is 1. The molecule has 4 aromatic rings. The Balaban J connectivity index is 1.38. The van der Waals surface area contributed by atoms with Gasteiger partial charge in [0.1, 0.15) is 0 Å². The van der Waals surface area contributed by atoms with E-state index in [0.29, 0.717) is 17.5 Å². The van der Waals surface area contributed by atoms with Crippen LogP contribution in [0.3, 0.4) is 0 Å². The number of pyridine rings is 1. The molecule has 1 aromatic heterocycles. The zero-order chi connectivity index (χ0) is 23.1. The minimum Gasteiger partial charge on any atom is -0.481 e. The van der Waals surface area contributed by atoms with Crippen molar-refractivity contribution in [2.45, 2.75) is 6.04 Å². The van der Waals surface area contributed by atoms with Gasteiger partial charge in [0.25, 0.3) is 5.91 Å². The number of rotatable bonds is 4. The standard InChI is InChI=1S/C28H27N3O3/c1-33-27-16-24(23-8-4-6-19-5-2-3-7-22(19)23)25-15-20(9-10-26(25)29-27)28(32)31-13-11-30(12-14-31)21-17-34-18-21/h2-10,15-16,21H,11-14,17-18H2,1H3. The maximum atomic E-state index is 13.4. The van der Waals surface area contributed by atoms with Crippen molar-refractivity contribution in [3.8, 4) is 17.0 Å². The van der Waals surface area contributed by atoms with E-state index in [9.17, 15) is 4.79 Å². The molecule has 2 saturated heterocycles. The highest BCUT2D eigenvalue weighted by Gasteiger charge is 2.30. The van der Waals surface area contributed by atoms with E-state index in [0.717, 1.165) is 66.8 Å². The molecule has 0 N–H and O–H groups in total. The van der Waals surface area contributed by atoms with E-state index in [1.54, 1.807) is 7.11 Å². The molecule has 0 unspecified atom stereocenters. The molecule has 0 atom stereocenters. The molecule has 2 aliphatic rings. The summed E-state index contributed by atoms with van der Waals surface area (Å²) < 4.78 is 10.8. The lowest BCUT2D eigenvalue weighted by Gasteiger charge is -2.42. The molecule has 3 heterocycles. The van der Waals surface area contributed by atoms with Crippen LogP contribution in [0.25, 0.3) is 32.8 Å². The largest absolute Gasteiger partial charge is 0.481 e. The number of aromatic nitrogens is 1. The number of hydrogen-bond donors (Lipinski definition) is 0. The second-order valence-corrected chi connectivity index (χ2v) is 8.99. The fourth-order valence-electron chi connectivity index (χ4n) is 5.03. The summed E-state index contributed by atoms with van der Waals surface area (Å²) in [5, 5.41) is 3.28. The van der Waals surface area contributed by atoms with Crippen molar-refractivity contribution in [1.29, 1.82) is 0 Å².